The van der Waals surface area contributed by atoms with Crippen LogP contribution in [0.1, 0.15) is 17.5 Å². The molecule has 0 heterocycles. The number of hydrogen-bond acceptors (Lipinski definition) is 2. The smallest absolute Gasteiger partial charge is 0.222 e. The van der Waals surface area contributed by atoms with E-state index in [-0.39, 0.29) is 11.7 Å². The number of anilines is 1. The van der Waals surface area contributed by atoms with Crippen molar-refractivity contribution in [1.82, 2.24) is 5.32 Å². The minimum absolute atomic E-state index is 0.0288. The molecule has 2 aromatic carbocycles. The molecule has 3 nitrogen and oxygen atoms in total. The summed E-state index contributed by atoms with van der Waals surface area (Å²) in [5.41, 5.74) is 3.10. The van der Waals surface area contributed by atoms with Crippen LogP contribution in [0.3, 0.4) is 0 Å². The van der Waals surface area contributed by atoms with Gasteiger partial charge in [-0.05, 0) is 36.8 Å². The fourth-order valence-electron chi connectivity index (χ4n) is 1.88. The first-order valence-electron chi connectivity index (χ1n) is 6.95. The molecule has 0 aliphatic rings. The van der Waals surface area contributed by atoms with E-state index in [0.29, 0.717) is 19.5 Å². The number of amides is 1. The molecule has 0 radical (unpaired) electrons. The number of hydrogen-bond donors (Lipinski definition) is 2. The molecule has 0 aliphatic heterocycles. The van der Waals surface area contributed by atoms with Gasteiger partial charge in [0, 0.05) is 25.2 Å². The maximum atomic E-state index is 12.7. The fourth-order valence-corrected chi connectivity index (χ4v) is 1.88. The van der Waals surface area contributed by atoms with Gasteiger partial charge in [0.2, 0.25) is 5.91 Å². The number of halogens is 1. The average Bonchev–Trinajstić information content (AvgIpc) is 2.49. The second-order valence-corrected chi connectivity index (χ2v) is 4.95. The Kier molecular flexibility index (Phi) is 5.32. The molecule has 2 aromatic rings. The highest BCUT2D eigenvalue weighted by Crippen LogP contribution is 2.08. The summed E-state index contributed by atoms with van der Waals surface area (Å²) in [6.07, 6.45) is 0.398. The Morgan fingerprint density at radius 3 is 2.38 bits per heavy atom. The van der Waals surface area contributed by atoms with Gasteiger partial charge < -0.3 is 10.6 Å². The van der Waals surface area contributed by atoms with Crippen LogP contribution in [0.2, 0.25) is 0 Å². The lowest BCUT2D eigenvalue weighted by molar-refractivity contribution is -0.121. The molecule has 2 rings (SSSR count). The molecule has 0 spiro atoms. The van der Waals surface area contributed by atoms with Crippen LogP contribution in [0.5, 0.6) is 0 Å². The first kappa shape index (κ1) is 15.0. The van der Waals surface area contributed by atoms with Crippen molar-refractivity contribution < 1.29 is 9.18 Å². The number of carbonyl (C=O) groups excluding carboxylic acids is 1. The second-order valence-electron chi connectivity index (χ2n) is 4.95. The van der Waals surface area contributed by atoms with Crippen LogP contribution < -0.4 is 10.6 Å². The summed E-state index contributed by atoms with van der Waals surface area (Å²) in [4.78, 5) is 11.7. The Hall–Kier alpha value is -2.36. The molecule has 0 aliphatic carbocycles. The molecule has 110 valence electrons. The average molecular weight is 286 g/mol. The summed E-state index contributed by atoms with van der Waals surface area (Å²) in [6, 6.07) is 14.1. The zero-order valence-corrected chi connectivity index (χ0v) is 12.0. The third-order valence-corrected chi connectivity index (χ3v) is 3.14. The van der Waals surface area contributed by atoms with Crippen LogP contribution in [0.25, 0.3) is 0 Å². The summed E-state index contributed by atoms with van der Waals surface area (Å²) < 4.78 is 12.7. The molecule has 0 saturated heterocycles. The summed E-state index contributed by atoms with van der Waals surface area (Å²) >= 11 is 0. The first-order valence-corrected chi connectivity index (χ1v) is 6.95. The van der Waals surface area contributed by atoms with Gasteiger partial charge in [-0.3, -0.25) is 4.79 Å². The second kappa shape index (κ2) is 7.43. The van der Waals surface area contributed by atoms with Gasteiger partial charge in [-0.25, -0.2) is 4.39 Å². The minimum Gasteiger partial charge on any atom is -0.385 e. The normalized spacial score (nSPS) is 10.2. The highest BCUT2D eigenvalue weighted by atomic mass is 19.1. The highest BCUT2D eigenvalue weighted by Gasteiger charge is 2.01. The fraction of sp³-hybridized carbons (Fsp3) is 0.235. The molecule has 0 unspecified atom stereocenters. The predicted molar refractivity (Wildman–Crippen MR) is 82.5 cm³/mol. The zero-order chi connectivity index (χ0) is 15.1. The SMILES string of the molecule is Cc1ccc(NCCC(=O)NCc2ccc(F)cc2)cc1. The van der Waals surface area contributed by atoms with Gasteiger partial charge in [-0.15, -0.1) is 0 Å². The Morgan fingerprint density at radius 1 is 1.05 bits per heavy atom. The summed E-state index contributed by atoms with van der Waals surface area (Å²) in [6.45, 7) is 3.04. The van der Waals surface area contributed by atoms with Gasteiger partial charge in [0.15, 0.2) is 0 Å². The molecule has 0 saturated carbocycles. The Bertz CT molecular complexity index is 579. The van der Waals surface area contributed by atoms with E-state index in [1.807, 2.05) is 31.2 Å². The van der Waals surface area contributed by atoms with Crippen molar-refractivity contribution in [3.05, 3.63) is 65.5 Å². The van der Waals surface area contributed by atoms with Crippen molar-refractivity contribution in [3.63, 3.8) is 0 Å². The maximum absolute atomic E-state index is 12.7. The van der Waals surface area contributed by atoms with Crippen molar-refractivity contribution in [3.8, 4) is 0 Å². The quantitative estimate of drug-likeness (QED) is 0.856. The van der Waals surface area contributed by atoms with Gasteiger partial charge in [-0.2, -0.15) is 0 Å². The lowest BCUT2D eigenvalue weighted by atomic mass is 10.2. The molecule has 0 aromatic heterocycles. The third kappa shape index (κ3) is 5.26. The third-order valence-electron chi connectivity index (χ3n) is 3.14. The summed E-state index contributed by atoms with van der Waals surface area (Å²) in [5, 5.41) is 6.01. The highest BCUT2D eigenvalue weighted by molar-refractivity contribution is 5.76. The summed E-state index contributed by atoms with van der Waals surface area (Å²) in [5.74, 6) is -0.300. The standard InChI is InChI=1S/C17H19FN2O/c1-13-2-8-16(9-3-13)19-11-10-17(21)20-12-14-4-6-15(18)7-5-14/h2-9,19H,10-12H2,1H3,(H,20,21). The number of nitrogens with one attached hydrogen (secondary N) is 2. The van der Waals surface area contributed by atoms with E-state index in [4.69, 9.17) is 0 Å². The number of rotatable bonds is 6. The van der Waals surface area contributed by atoms with Gasteiger partial charge in [0.05, 0.1) is 0 Å². The minimum atomic E-state index is -0.271. The van der Waals surface area contributed by atoms with Crippen LogP contribution in [0.4, 0.5) is 10.1 Å². The molecular formula is C17H19FN2O. The molecule has 2 N–H and O–H groups in total. The van der Waals surface area contributed by atoms with Crippen molar-refractivity contribution >= 4 is 11.6 Å². The van der Waals surface area contributed by atoms with Crippen LogP contribution in [0, 0.1) is 12.7 Å². The molecule has 21 heavy (non-hydrogen) atoms. The number of carbonyl (C=O) groups is 1. The Morgan fingerprint density at radius 2 is 1.71 bits per heavy atom. The van der Waals surface area contributed by atoms with Crippen molar-refractivity contribution in [2.75, 3.05) is 11.9 Å². The molecule has 1 amide bonds. The van der Waals surface area contributed by atoms with Crippen molar-refractivity contribution in [1.29, 1.82) is 0 Å². The van der Waals surface area contributed by atoms with E-state index in [0.717, 1.165) is 11.3 Å². The van der Waals surface area contributed by atoms with E-state index < -0.39 is 0 Å². The maximum Gasteiger partial charge on any atom is 0.222 e. The van der Waals surface area contributed by atoms with E-state index in [1.165, 1.54) is 17.7 Å². The van der Waals surface area contributed by atoms with Gasteiger partial charge in [0.25, 0.3) is 0 Å². The zero-order valence-electron chi connectivity index (χ0n) is 12.0. The first-order chi connectivity index (χ1) is 10.1. The molecular weight excluding hydrogens is 267 g/mol. The Balaban J connectivity index is 1.67. The van der Waals surface area contributed by atoms with Gasteiger partial charge in [-0.1, -0.05) is 29.8 Å². The van der Waals surface area contributed by atoms with E-state index in [9.17, 15) is 9.18 Å². The monoisotopic (exact) mass is 286 g/mol. The predicted octanol–water partition coefficient (Wildman–Crippen LogP) is 3.25. The Labute approximate surface area is 124 Å². The van der Waals surface area contributed by atoms with Crippen molar-refractivity contribution in [2.45, 2.75) is 19.9 Å². The molecule has 0 bridgehead atoms. The number of aryl methyl sites for hydroxylation is 1. The van der Waals surface area contributed by atoms with Crippen LogP contribution >= 0.6 is 0 Å². The topological polar surface area (TPSA) is 41.1 Å². The van der Waals surface area contributed by atoms with Crippen LogP contribution in [-0.4, -0.2) is 12.5 Å². The van der Waals surface area contributed by atoms with Gasteiger partial charge >= 0.3 is 0 Å². The molecule has 0 atom stereocenters. The largest absolute Gasteiger partial charge is 0.385 e. The molecule has 4 heteroatoms. The van der Waals surface area contributed by atoms with Gasteiger partial charge in [0.1, 0.15) is 5.82 Å². The lowest BCUT2D eigenvalue weighted by Gasteiger charge is -2.08. The van der Waals surface area contributed by atoms with Crippen LogP contribution in [-0.2, 0) is 11.3 Å². The lowest BCUT2D eigenvalue weighted by Crippen LogP contribution is -2.24. The molecule has 0 fully saturated rings. The number of benzene rings is 2. The van der Waals surface area contributed by atoms with Crippen LogP contribution in [0.15, 0.2) is 48.5 Å². The van der Waals surface area contributed by atoms with Crippen molar-refractivity contribution in [2.24, 2.45) is 0 Å². The van der Waals surface area contributed by atoms with E-state index in [2.05, 4.69) is 10.6 Å². The van der Waals surface area contributed by atoms with E-state index in [1.54, 1.807) is 12.1 Å². The van der Waals surface area contributed by atoms with E-state index >= 15 is 0 Å². The summed E-state index contributed by atoms with van der Waals surface area (Å²) in [7, 11) is 0.